The van der Waals surface area contributed by atoms with E-state index in [0.717, 1.165) is 0 Å². The molecule has 0 unspecified atom stereocenters. The van der Waals surface area contributed by atoms with Gasteiger partial charge in [-0.3, -0.25) is 0 Å². The molecule has 1 aromatic heterocycles. The van der Waals surface area contributed by atoms with Crippen molar-refractivity contribution in [2.75, 3.05) is 0 Å². The minimum atomic E-state index is -3.46. The molecule has 0 aliphatic carbocycles. The summed E-state index contributed by atoms with van der Waals surface area (Å²) in [6, 6.07) is 16.0. The first-order chi connectivity index (χ1) is 11.1. The smallest absolute Gasteiger partial charge is 0.171 e. The van der Waals surface area contributed by atoms with Crippen LogP contribution in [0.4, 0.5) is 0 Å². The number of nitrogens with zero attached hydrogens (tertiary/aromatic N) is 4. The summed E-state index contributed by atoms with van der Waals surface area (Å²) in [7, 11) is -3.46. The van der Waals surface area contributed by atoms with Crippen LogP contribution in [0.2, 0.25) is 5.02 Å². The van der Waals surface area contributed by atoms with Crippen LogP contribution >= 0.6 is 11.6 Å². The Kier molecular flexibility index (Phi) is 4.40. The SMILES string of the molecule is O=S(=O)(Cc1ccccc1Cl)Cc1nnnn1-c1ccccc1. The number of halogens is 1. The maximum atomic E-state index is 12.4. The Labute approximate surface area is 138 Å². The lowest BCUT2D eigenvalue weighted by molar-refractivity contribution is 0.592. The highest BCUT2D eigenvalue weighted by atomic mass is 35.5. The number of hydrogen-bond donors (Lipinski definition) is 0. The zero-order valence-corrected chi connectivity index (χ0v) is 13.6. The van der Waals surface area contributed by atoms with E-state index in [0.29, 0.717) is 16.3 Å². The molecule has 0 spiro atoms. The molecule has 6 nitrogen and oxygen atoms in total. The minimum Gasteiger partial charge on any atom is -0.228 e. The van der Waals surface area contributed by atoms with Crippen molar-refractivity contribution in [1.29, 1.82) is 0 Å². The summed E-state index contributed by atoms with van der Waals surface area (Å²) in [6.45, 7) is 0. The molecule has 118 valence electrons. The van der Waals surface area contributed by atoms with Crippen molar-refractivity contribution in [3.63, 3.8) is 0 Å². The van der Waals surface area contributed by atoms with E-state index in [-0.39, 0.29) is 17.3 Å². The van der Waals surface area contributed by atoms with Crippen LogP contribution in [-0.4, -0.2) is 28.6 Å². The molecule has 0 aliphatic heterocycles. The molecule has 0 saturated carbocycles. The van der Waals surface area contributed by atoms with Crippen LogP contribution in [0.5, 0.6) is 0 Å². The normalized spacial score (nSPS) is 11.5. The van der Waals surface area contributed by atoms with E-state index in [2.05, 4.69) is 15.5 Å². The number of sulfone groups is 1. The molecule has 3 aromatic rings. The maximum absolute atomic E-state index is 12.4. The van der Waals surface area contributed by atoms with Gasteiger partial charge in [0.05, 0.1) is 11.4 Å². The number of aromatic nitrogens is 4. The predicted molar refractivity (Wildman–Crippen MR) is 86.9 cm³/mol. The molecule has 8 heteroatoms. The highest BCUT2D eigenvalue weighted by molar-refractivity contribution is 7.89. The average molecular weight is 349 g/mol. The number of tetrazole rings is 1. The Morgan fingerprint density at radius 1 is 0.957 bits per heavy atom. The molecule has 0 aliphatic rings. The highest BCUT2D eigenvalue weighted by Gasteiger charge is 2.20. The molecular weight excluding hydrogens is 336 g/mol. The molecular formula is C15H13ClN4O2S. The second-order valence-corrected chi connectivity index (χ2v) is 7.44. The van der Waals surface area contributed by atoms with Gasteiger partial charge >= 0.3 is 0 Å². The summed E-state index contributed by atoms with van der Waals surface area (Å²) in [5, 5.41) is 11.7. The summed E-state index contributed by atoms with van der Waals surface area (Å²) in [5.41, 5.74) is 1.27. The fourth-order valence-corrected chi connectivity index (χ4v) is 3.85. The van der Waals surface area contributed by atoms with Gasteiger partial charge in [0.15, 0.2) is 15.7 Å². The Morgan fingerprint density at radius 3 is 2.39 bits per heavy atom. The van der Waals surface area contributed by atoms with Gasteiger partial charge in [-0.15, -0.1) is 5.10 Å². The van der Waals surface area contributed by atoms with Gasteiger partial charge in [-0.25, -0.2) is 8.42 Å². The molecule has 0 N–H and O–H groups in total. The second kappa shape index (κ2) is 6.47. The van der Waals surface area contributed by atoms with E-state index in [1.165, 1.54) is 4.68 Å². The zero-order valence-electron chi connectivity index (χ0n) is 12.0. The third kappa shape index (κ3) is 3.75. The van der Waals surface area contributed by atoms with E-state index in [9.17, 15) is 8.42 Å². The van der Waals surface area contributed by atoms with Crippen molar-refractivity contribution in [3.05, 3.63) is 71.0 Å². The second-order valence-electron chi connectivity index (χ2n) is 4.97. The first-order valence-corrected chi connectivity index (χ1v) is 9.01. The van der Waals surface area contributed by atoms with E-state index >= 15 is 0 Å². The highest BCUT2D eigenvalue weighted by Crippen LogP contribution is 2.19. The molecule has 2 aromatic carbocycles. The van der Waals surface area contributed by atoms with Crippen molar-refractivity contribution < 1.29 is 8.42 Å². The van der Waals surface area contributed by atoms with Gasteiger partial charge in [0.25, 0.3) is 0 Å². The number of rotatable bonds is 5. The van der Waals surface area contributed by atoms with Gasteiger partial charge in [0.1, 0.15) is 5.75 Å². The fraction of sp³-hybridized carbons (Fsp3) is 0.133. The first-order valence-electron chi connectivity index (χ1n) is 6.82. The topological polar surface area (TPSA) is 77.7 Å². The zero-order chi connectivity index (χ0) is 16.3. The van der Waals surface area contributed by atoms with Gasteiger partial charge in [0, 0.05) is 5.02 Å². The number of hydrogen-bond acceptors (Lipinski definition) is 5. The summed E-state index contributed by atoms with van der Waals surface area (Å²) >= 11 is 6.03. The van der Waals surface area contributed by atoms with E-state index in [4.69, 9.17) is 11.6 Å². The Balaban J connectivity index is 1.85. The van der Waals surface area contributed by atoms with Crippen molar-refractivity contribution in [2.45, 2.75) is 11.5 Å². The van der Waals surface area contributed by atoms with Crippen molar-refractivity contribution in [2.24, 2.45) is 0 Å². The predicted octanol–water partition coefficient (Wildman–Crippen LogP) is 2.43. The molecule has 0 amide bonds. The summed E-state index contributed by atoms with van der Waals surface area (Å²) in [6.07, 6.45) is 0. The van der Waals surface area contributed by atoms with E-state index < -0.39 is 9.84 Å². The van der Waals surface area contributed by atoms with Crippen LogP contribution in [0, 0.1) is 0 Å². The Bertz CT molecular complexity index is 910. The van der Waals surface area contributed by atoms with E-state index in [1.54, 1.807) is 36.4 Å². The third-order valence-electron chi connectivity index (χ3n) is 3.22. The van der Waals surface area contributed by atoms with Crippen LogP contribution in [0.1, 0.15) is 11.4 Å². The third-order valence-corrected chi connectivity index (χ3v) is 5.03. The lowest BCUT2D eigenvalue weighted by atomic mass is 10.2. The number of benzene rings is 2. The van der Waals surface area contributed by atoms with Crippen LogP contribution < -0.4 is 0 Å². The van der Waals surface area contributed by atoms with Gasteiger partial charge in [-0.2, -0.15) is 4.68 Å². The van der Waals surface area contributed by atoms with Crippen LogP contribution in [-0.2, 0) is 21.3 Å². The maximum Gasteiger partial charge on any atom is 0.171 e. The van der Waals surface area contributed by atoms with Crippen molar-refractivity contribution in [1.82, 2.24) is 20.2 Å². The minimum absolute atomic E-state index is 0.158. The molecule has 1 heterocycles. The lowest BCUT2D eigenvalue weighted by Crippen LogP contribution is -2.13. The van der Waals surface area contributed by atoms with Crippen molar-refractivity contribution >= 4 is 21.4 Å². The lowest BCUT2D eigenvalue weighted by Gasteiger charge is -2.07. The Morgan fingerprint density at radius 2 is 1.65 bits per heavy atom. The molecule has 23 heavy (non-hydrogen) atoms. The summed E-state index contributed by atoms with van der Waals surface area (Å²) in [4.78, 5) is 0. The van der Waals surface area contributed by atoms with Crippen LogP contribution in [0.15, 0.2) is 54.6 Å². The first kappa shape index (κ1) is 15.6. The van der Waals surface area contributed by atoms with Crippen LogP contribution in [0.25, 0.3) is 5.69 Å². The average Bonchev–Trinajstić information content (AvgIpc) is 2.97. The standard InChI is InChI=1S/C15H13ClN4O2S/c16-14-9-5-4-6-12(14)10-23(21,22)11-15-17-18-19-20(15)13-7-2-1-3-8-13/h1-9H,10-11H2. The van der Waals surface area contributed by atoms with Gasteiger partial charge in [-0.05, 0) is 34.2 Å². The molecule has 3 rings (SSSR count). The summed E-state index contributed by atoms with van der Waals surface area (Å²) in [5.74, 6) is -0.155. The molecule has 0 atom stereocenters. The molecule has 0 saturated heterocycles. The molecule has 0 bridgehead atoms. The largest absolute Gasteiger partial charge is 0.228 e. The number of para-hydroxylation sites is 1. The van der Waals surface area contributed by atoms with E-state index in [1.807, 2.05) is 18.2 Å². The molecule has 0 fully saturated rings. The Hall–Kier alpha value is -2.25. The fourth-order valence-electron chi connectivity index (χ4n) is 2.17. The molecule has 0 radical (unpaired) electrons. The quantitative estimate of drug-likeness (QED) is 0.707. The van der Waals surface area contributed by atoms with Crippen LogP contribution in [0.3, 0.4) is 0 Å². The van der Waals surface area contributed by atoms with Crippen molar-refractivity contribution in [3.8, 4) is 5.69 Å². The monoisotopic (exact) mass is 348 g/mol. The van der Waals surface area contributed by atoms with Gasteiger partial charge < -0.3 is 0 Å². The summed E-state index contributed by atoms with van der Waals surface area (Å²) < 4.78 is 26.3. The van der Waals surface area contributed by atoms with Gasteiger partial charge in [0.2, 0.25) is 0 Å². The van der Waals surface area contributed by atoms with Gasteiger partial charge in [-0.1, -0.05) is 48.0 Å².